The van der Waals surface area contributed by atoms with Crippen LogP contribution in [0.25, 0.3) is 11.1 Å². The van der Waals surface area contributed by atoms with Crippen molar-refractivity contribution in [1.29, 1.82) is 0 Å². The monoisotopic (exact) mass is 437 g/mol. The Labute approximate surface area is 192 Å². The van der Waals surface area contributed by atoms with Crippen LogP contribution in [-0.4, -0.2) is 23.9 Å². The zero-order chi connectivity index (χ0) is 23.2. The third kappa shape index (κ3) is 5.07. The Hall–Kier alpha value is -4.45. The average molecular weight is 437 g/mol. The minimum Gasteiger partial charge on any atom is -0.496 e. The number of methoxy groups -OCH3 is 1. The molecule has 0 saturated heterocycles. The van der Waals surface area contributed by atoms with E-state index in [2.05, 4.69) is 15.6 Å². The second-order valence-electron chi connectivity index (χ2n) is 7.46. The van der Waals surface area contributed by atoms with Crippen molar-refractivity contribution in [3.05, 3.63) is 108 Å². The zero-order valence-electron chi connectivity index (χ0n) is 18.3. The summed E-state index contributed by atoms with van der Waals surface area (Å²) in [4.78, 5) is 29.8. The summed E-state index contributed by atoms with van der Waals surface area (Å²) in [6.07, 6.45) is 3.27. The number of nitrogens with zero attached hydrogens (tertiary/aromatic N) is 1. The van der Waals surface area contributed by atoms with Crippen LogP contribution < -0.4 is 15.4 Å². The molecule has 2 N–H and O–H groups in total. The molecule has 0 saturated carbocycles. The van der Waals surface area contributed by atoms with Crippen LogP contribution in [0, 0.1) is 6.92 Å². The molecule has 1 aromatic heterocycles. The smallest absolute Gasteiger partial charge is 0.259 e. The van der Waals surface area contributed by atoms with Gasteiger partial charge in [-0.15, -0.1) is 0 Å². The summed E-state index contributed by atoms with van der Waals surface area (Å²) in [5.74, 6) is -0.315. The molecule has 3 aromatic carbocycles. The third-order valence-electron chi connectivity index (χ3n) is 5.22. The lowest BCUT2D eigenvalue weighted by Crippen LogP contribution is -2.17. The molecule has 4 rings (SSSR count). The number of hydrogen-bond acceptors (Lipinski definition) is 4. The molecule has 0 bridgehead atoms. The molecule has 0 unspecified atom stereocenters. The summed E-state index contributed by atoms with van der Waals surface area (Å²) in [5, 5.41) is 5.73. The number of aryl methyl sites for hydroxylation is 1. The van der Waals surface area contributed by atoms with Crippen LogP contribution >= 0.6 is 0 Å². The molecule has 0 fully saturated rings. The van der Waals surface area contributed by atoms with Gasteiger partial charge in [0, 0.05) is 29.3 Å². The Balaban J connectivity index is 1.52. The summed E-state index contributed by atoms with van der Waals surface area (Å²) in [7, 11) is 1.48. The molecule has 0 atom stereocenters. The van der Waals surface area contributed by atoms with Crippen molar-refractivity contribution in [3.8, 4) is 16.9 Å². The first kappa shape index (κ1) is 21.8. The topological polar surface area (TPSA) is 80.3 Å². The van der Waals surface area contributed by atoms with E-state index in [0.717, 1.165) is 16.7 Å². The number of ether oxygens (including phenoxy) is 1. The van der Waals surface area contributed by atoms with Crippen molar-refractivity contribution < 1.29 is 14.3 Å². The highest BCUT2D eigenvalue weighted by Crippen LogP contribution is 2.24. The second-order valence-corrected chi connectivity index (χ2v) is 7.46. The van der Waals surface area contributed by atoms with E-state index in [9.17, 15) is 9.59 Å². The van der Waals surface area contributed by atoms with E-state index in [0.29, 0.717) is 22.7 Å². The van der Waals surface area contributed by atoms with E-state index in [1.165, 1.54) is 13.2 Å². The lowest BCUT2D eigenvalue weighted by Gasteiger charge is -2.13. The molecule has 0 radical (unpaired) electrons. The fourth-order valence-electron chi connectivity index (χ4n) is 3.41. The largest absolute Gasteiger partial charge is 0.496 e. The van der Waals surface area contributed by atoms with E-state index in [1.54, 1.807) is 30.6 Å². The van der Waals surface area contributed by atoms with Gasteiger partial charge in [0.1, 0.15) is 5.75 Å². The summed E-state index contributed by atoms with van der Waals surface area (Å²) in [6.45, 7) is 1.85. The molecule has 0 spiro atoms. The van der Waals surface area contributed by atoms with E-state index >= 15 is 0 Å². The first-order valence-corrected chi connectivity index (χ1v) is 10.4. The van der Waals surface area contributed by atoms with Gasteiger partial charge in [0.05, 0.1) is 12.7 Å². The van der Waals surface area contributed by atoms with E-state index in [4.69, 9.17) is 4.74 Å². The molecule has 1 heterocycles. The molecule has 6 heteroatoms. The number of aromatic nitrogens is 1. The molecule has 0 aliphatic heterocycles. The molecular formula is C27H23N3O3. The van der Waals surface area contributed by atoms with Crippen LogP contribution in [0.3, 0.4) is 0 Å². The predicted molar refractivity (Wildman–Crippen MR) is 130 cm³/mol. The number of pyridine rings is 1. The maximum atomic E-state index is 12.9. The van der Waals surface area contributed by atoms with Gasteiger partial charge in [-0.05, 0) is 60.0 Å². The Morgan fingerprint density at radius 2 is 1.55 bits per heavy atom. The summed E-state index contributed by atoms with van der Waals surface area (Å²) in [6, 6.07) is 24.1. The molecular weight excluding hydrogens is 414 g/mol. The first-order chi connectivity index (χ1) is 16.0. The van der Waals surface area contributed by atoms with Crippen LogP contribution in [-0.2, 0) is 0 Å². The molecule has 4 aromatic rings. The Morgan fingerprint density at radius 3 is 2.24 bits per heavy atom. The summed E-state index contributed by atoms with van der Waals surface area (Å²) in [5.41, 5.74) is 4.91. The first-order valence-electron chi connectivity index (χ1n) is 10.4. The van der Waals surface area contributed by atoms with Gasteiger partial charge in [-0.3, -0.25) is 14.6 Å². The fraction of sp³-hybridized carbons (Fsp3) is 0.0741. The number of nitrogens with one attached hydrogen (secondary N) is 2. The van der Waals surface area contributed by atoms with Gasteiger partial charge in [0.15, 0.2) is 0 Å². The number of carbonyl (C=O) groups is 2. The Kier molecular flexibility index (Phi) is 6.45. The number of benzene rings is 3. The number of hydrogen-bond donors (Lipinski definition) is 2. The standard InChI is InChI=1S/C27H23N3O3/c1-18-17-28-15-14-24(18)30-27(32)23-16-21(10-13-25(23)33-2)26(31)29-22-11-8-20(9-12-22)19-6-4-3-5-7-19/h3-17H,1-2H3,(H,29,31)(H,28,30,32). The van der Waals surface area contributed by atoms with Crippen molar-refractivity contribution in [2.24, 2.45) is 0 Å². The summed E-state index contributed by atoms with van der Waals surface area (Å²) < 4.78 is 5.34. The minimum absolute atomic E-state index is 0.265. The van der Waals surface area contributed by atoms with Gasteiger partial charge >= 0.3 is 0 Å². The van der Waals surface area contributed by atoms with Crippen LogP contribution in [0.15, 0.2) is 91.3 Å². The van der Waals surface area contributed by atoms with Crippen LogP contribution in [0.1, 0.15) is 26.3 Å². The highest BCUT2D eigenvalue weighted by molar-refractivity contribution is 6.10. The van der Waals surface area contributed by atoms with Crippen LogP contribution in [0.4, 0.5) is 11.4 Å². The molecule has 164 valence electrons. The van der Waals surface area contributed by atoms with Crippen molar-refractivity contribution in [3.63, 3.8) is 0 Å². The number of rotatable bonds is 6. The van der Waals surface area contributed by atoms with Gasteiger partial charge < -0.3 is 15.4 Å². The van der Waals surface area contributed by atoms with E-state index in [1.807, 2.05) is 61.5 Å². The van der Waals surface area contributed by atoms with Crippen LogP contribution in [0.5, 0.6) is 5.75 Å². The van der Waals surface area contributed by atoms with Crippen molar-refractivity contribution in [2.75, 3.05) is 17.7 Å². The Morgan fingerprint density at radius 1 is 0.818 bits per heavy atom. The number of carbonyl (C=O) groups excluding carboxylic acids is 2. The quantitative estimate of drug-likeness (QED) is 0.413. The van der Waals surface area contributed by atoms with Gasteiger partial charge in [0.2, 0.25) is 0 Å². The average Bonchev–Trinajstić information content (AvgIpc) is 2.86. The van der Waals surface area contributed by atoms with Crippen LogP contribution in [0.2, 0.25) is 0 Å². The highest BCUT2D eigenvalue weighted by Gasteiger charge is 2.17. The molecule has 6 nitrogen and oxygen atoms in total. The minimum atomic E-state index is -0.372. The van der Waals surface area contributed by atoms with Crippen molar-refractivity contribution in [2.45, 2.75) is 6.92 Å². The molecule has 0 aliphatic rings. The molecule has 0 aliphatic carbocycles. The lowest BCUT2D eigenvalue weighted by atomic mass is 10.1. The van der Waals surface area contributed by atoms with E-state index in [-0.39, 0.29) is 17.4 Å². The Bertz CT molecular complexity index is 1290. The SMILES string of the molecule is COc1ccc(C(=O)Nc2ccc(-c3ccccc3)cc2)cc1C(=O)Nc1ccncc1C. The van der Waals surface area contributed by atoms with Crippen molar-refractivity contribution >= 4 is 23.2 Å². The number of amides is 2. The van der Waals surface area contributed by atoms with Crippen molar-refractivity contribution in [1.82, 2.24) is 4.98 Å². The highest BCUT2D eigenvalue weighted by atomic mass is 16.5. The predicted octanol–water partition coefficient (Wildman–Crippen LogP) is 5.57. The molecule has 2 amide bonds. The summed E-state index contributed by atoms with van der Waals surface area (Å²) >= 11 is 0. The second kappa shape index (κ2) is 9.78. The van der Waals surface area contributed by atoms with Gasteiger partial charge in [0.25, 0.3) is 11.8 Å². The zero-order valence-corrected chi connectivity index (χ0v) is 18.3. The van der Waals surface area contributed by atoms with Gasteiger partial charge in [-0.2, -0.15) is 0 Å². The number of anilines is 2. The normalized spacial score (nSPS) is 10.4. The lowest BCUT2D eigenvalue weighted by molar-refractivity contribution is 0.102. The van der Waals surface area contributed by atoms with Gasteiger partial charge in [-0.25, -0.2) is 0 Å². The van der Waals surface area contributed by atoms with Gasteiger partial charge in [-0.1, -0.05) is 42.5 Å². The maximum Gasteiger partial charge on any atom is 0.259 e. The third-order valence-corrected chi connectivity index (χ3v) is 5.22. The van der Waals surface area contributed by atoms with E-state index < -0.39 is 0 Å². The fourth-order valence-corrected chi connectivity index (χ4v) is 3.41. The molecule has 33 heavy (non-hydrogen) atoms. The maximum absolute atomic E-state index is 12.9.